The molecule has 0 unspecified atom stereocenters. The number of ether oxygens (including phenoxy) is 2. The molecule has 0 spiro atoms. The molecule has 1 N–H and O–H groups in total. The van der Waals surface area contributed by atoms with Crippen LogP contribution in [0, 0.1) is 0 Å². The van der Waals surface area contributed by atoms with E-state index in [1.165, 1.54) is 19.1 Å². The quantitative estimate of drug-likeness (QED) is 0.851. The summed E-state index contributed by atoms with van der Waals surface area (Å²) < 4.78 is 10.3. The summed E-state index contributed by atoms with van der Waals surface area (Å²) >= 11 is 0. The van der Waals surface area contributed by atoms with E-state index in [2.05, 4.69) is 0 Å². The van der Waals surface area contributed by atoms with Gasteiger partial charge < -0.3 is 19.5 Å². The lowest BCUT2D eigenvalue weighted by atomic mass is 10.1. The highest BCUT2D eigenvalue weighted by Gasteiger charge is 2.34. The lowest BCUT2D eigenvalue weighted by molar-refractivity contribution is -0.137. The standard InChI is InChI=1S/C14H17NO5/c1-19-11-6-3-9(7-12(11)20-2)14(18)15(8-13(16)17)10-4-5-10/h3,6-7,10H,4-5,8H2,1-2H3,(H,16,17). The molecule has 0 atom stereocenters. The Morgan fingerprint density at radius 2 is 1.90 bits per heavy atom. The minimum absolute atomic E-state index is 0.0340. The van der Waals surface area contributed by atoms with Gasteiger partial charge in [-0.3, -0.25) is 9.59 Å². The lowest BCUT2D eigenvalue weighted by Crippen LogP contribution is -2.37. The highest BCUT2D eigenvalue weighted by Crippen LogP contribution is 2.31. The molecule has 6 nitrogen and oxygen atoms in total. The van der Waals surface area contributed by atoms with Gasteiger partial charge in [-0.2, -0.15) is 0 Å². The van der Waals surface area contributed by atoms with Crippen molar-refractivity contribution in [3.8, 4) is 11.5 Å². The van der Waals surface area contributed by atoms with E-state index < -0.39 is 5.97 Å². The number of aliphatic carboxylic acids is 1. The summed E-state index contributed by atoms with van der Waals surface area (Å²) in [5.74, 6) is -0.328. The van der Waals surface area contributed by atoms with Crippen molar-refractivity contribution in [3.05, 3.63) is 23.8 Å². The van der Waals surface area contributed by atoms with Gasteiger partial charge in [-0.15, -0.1) is 0 Å². The van der Waals surface area contributed by atoms with E-state index in [0.29, 0.717) is 17.1 Å². The molecule has 0 aliphatic heterocycles. The van der Waals surface area contributed by atoms with E-state index in [1.54, 1.807) is 18.2 Å². The Hall–Kier alpha value is -2.24. The maximum Gasteiger partial charge on any atom is 0.323 e. The molecule has 1 aromatic rings. The van der Waals surface area contributed by atoms with E-state index in [0.717, 1.165) is 12.8 Å². The molecule has 0 radical (unpaired) electrons. The average molecular weight is 279 g/mol. The van der Waals surface area contributed by atoms with Gasteiger partial charge in [0, 0.05) is 11.6 Å². The van der Waals surface area contributed by atoms with Crippen LogP contribution < -0.4 is 9.47 Å². The van der Waals surface area contributed by atoms with E-state index in [4.69, 9.17) is 14.6 Å². The van der Waals surface area contributed by atoms with Crippen LogP contribution in [0.3, 0.4) is 0 Å². The van der Waals surface area contributed by atoms with Crippen LogP contribution in [0.25, 0.3) is 0 Å². The first kappa shape index (κ1) is 14.2. The third kappa shape index (κ3) is 3.01. The van der Waals surface area contributed by atoms with Gasteiger partial charge in [0.15, 0.2) is 11.5 Å². The minimum atomic E-state index is -1.01. The summed E-state index contributed by atoms with van der Waals surface area (Å²) in [6, 6.07) is 4.85. The van der Waals surface area contributed by atoms with Crippen LogP contribution in [0.2, 0.25) is 0 Å². The first-order valence-corrected chi connectivity index (χ1v) is 6.31. The average Bonchev–Trinajstić information content (AvgIpc) is 3.27. The van der Waals surface area contributed by atoms with Crippen molar-refractivity contribution in [2.75, 3.05) is 20.8 Å². The molecule has 6 heteroatoms. The topological polar surface area (TPSA) is 76.1 Å². The molecular weight excluding hydrogens is 262 g/mol. The smallest absolute Gasteiger partial charge is 0.323 e. The van der Waals surface area contributed by atoms with Crippen molar-refractivity contribution >= 4 is 11.9 Å². The van der Waals surface area contributed by atoms with E-state index in [9.17, 15) is 9.59 Å². The summed E-state index contributed by atoms with van der Waals surface area (Å²) in [6.07, 6.45) is 1.71. The number of carbonyl (C=O) groups is 2. The third-order valence-corrected chi connectivity index (χ3v) is 3.18. The molecule has 1 aromatic carbocycles. The molecule has 20 heavy (non-hydrogen) atoms. The molecule has 1 aliphatic carbocycles. The van der Waals surface area contributed by atoms with Crippen LogP contribution in [0.4, 0.5) is 0 Å². The molecule has 1 aliphatic rings. The molecule has 0 heterocycles. The van der Waals surface area contributed by atoms with Crippen LogP contribution >= 0.6 is 0 Å². The van der Waals surface area contributed by atoms with Crippen molar-refractivity contribution in [1.82, 2.24) is 4.90 Å². The molecule has 108 valence electrons. The Labute approximate surface area is 116 Å². The van der Waals surface area contributed by atoms with Crippen LogP contribution in [-0.2, 0) is 4.79 Å². The Morgan fingerprint density at radius 3 is 2.40 bits per heavy atom. The Bertz CT molecular complexity index is 524. The van der Waals surface area contributed by atoms with Gasteiger partial charge in [0.25, 0.3) is 5.91 Å². The summed E-state index contributed by atoms with van der Waals surface area (Å²) in [5.41, 5.74) is 0.399. The van der Waals surface area contributed by atoms with E-state index in [-0.39, 0.29) is 18.5 Å². The second-order valence-corrected chi connectivity index (χ2v) is 4.63. The number of amides is 1. The van der Waals surface area contributed by atoms with Gasteiger partial charge in [-0.05, 0) is 31.0 Å². The third-order valence-electron chi connectivity index (χ3n) is 3.18. The Kier molecular flexibility index (Phi) is 4.12. The monoisotopic (exact) mass is 279 g/mol. The number of rotatable bonds is 6. The van der Waals surface area contributed by atoms with Gasteiger partial charge in [-0.1, -0.05) is 0 Å². The maximum atomic E-state index is 12.4. The van der Waals surface area contributed by atoms with Gasteiger partial charge >= 0.3 is 5.97 Å². The van der Waals surface area contributed by atoms with Gasteiger partial charge in [0.1, 0.15) is 6.54 Å². The highest BCUT2D eigenvalue weighted by molar-refractivity contribution is 5.96. The van der Waals surface area contributed by atoms with Crippen LogP contribution in [0.5, 0.6) is 11.5 Å². The zero-order valence-electron chi connectivity index (χ0n) is 11.5. The predicted octanol–water partition coefficient (Wildman–Crippen LogP) is 1.39. The molecule has 1 fully saturated rings. The van der Waals surface area contributed by atoms with E-state index in [1.807, 2.05) is 0 Å². The van der Waals surface area contributed by atoms with Crippen molar-refractivity contribution < 1.29 is 24.2 Å². The molecule has 0 bridgehead atoms. The fourth-order valence-corrected chi connectivity index (χ4v) is 2.03. The second kappa shape index (κ2) is 5.81. The Morgan fingerprint density at radius 1 is 1.25 bits per heavy atom. The summed E-state index contributed by atoms with van der Waals surface area (Å²) in [4.78, 5) is 24.7. The zero-order chi connectivity index (χ0) is 14.7. The molecule has 2 rings (SSSR count). The summed E-state index contributed by atoms with van der Waals surface area (Å²) in [7, 11) is 3.00. The van der Waals surface area contributed by atoms with Crippen LogP contribution in [-0.4, -0.2) is 48.7 Å². The van der Waals surface area contributed by atoms with Crippen molar-refractivity contribution in [1.29, 1.82) is 0 Å². The number of carboxylic acid groups (broad SMARTS) is 1. The predicted molar refractivity (Wildman–Crippen MR) is 71.2 cm³/mol. The first-order chi connectivity index (χ1) is 9.56. The second-order valence-electron chi connectivity index (χ2n) is 4.63. The van der Waals surface area contributed by atoms with Crippen LogP contribution in [0.15, 0.2) is 18.2 Å². The SMILES string of the molecule is COc1ccc(C(=O)N(CC(=O)O)C2CC2)cc1OC. The largest absolute Gasteiger partial charge is 0.493 e. The van der Waals surface area contributed by atoms with Gasteiger partial charge in [0.2, 0.25) is 0 Å². The van der Waals surface area contributed by atoms with Crippen molar-refractivity contribution in [2.45, 2.75) is 18.9 Å². The molecule has 1 amide bonds. The fraction of sp³-hybridized carbons (Fsp3) is 0.429. The normalized spacial score (nSPS) is 13.7. The number of carbonyl (C=O) groups excluding carboxylic acids is 1. The molecule has 0 saturated heterocycles. The van der Waals surface area contributed by atoms with Crippen molar-refractivity contribution in [2.24, 2.45) is 0 Å². The highest BCUT2D eigenvalue weighted by atomic mass is 16.5. The van der Waals surface area contributed by atoms with Gasteiger partial charge in [0.05, 0.1) is 14.2 Å². The lowest BCUT2D eigenvalue weighted by Gasteiger charge is -2.20. The first-order valence-electron chi connectivity index (χ1n) is 6.31. The zero-order valence-corrected chi connectivity index (χ0v) is 11.5. The minimum Gasteiger partial charge on any atom is -0.493 e. The fourth-order valence-electron chi connectivity index (χ4n) is 2.03. The number of hydrogen-bond acceptors (Lipinski definition) is 4. The number of hydrogen-bond donors (Lipinski definition) is 1. The molecular formula is C14H17NO5. The Balaban J connectivity index is 2.24. The summed E-state index contributed by atoms with van der Waals surface area (Å²) in [6.45, 7) is -0.280. The maximum absolute atomic E-state index is 12.4. The number of nitrogens with zero attached hydrogens (tertiary/aromatic N) is 1. The number of methoxy groups -OCH3 is 2. The summed E-state index contributed by atoms with van der Waals surface area (Å²) in [5, 5.41) is 8.90. The van der Waals surface area contributed by atoms with E-state index >= 15 is 0 Å². The number of carboxylic acids is 1. The van der Waals surface area contributed by atoms with Gasteiger partial charge in [-0.25, -0.2) is 0 Å². The number of benzene rings is 1. The van der Waals surface area contributed by atoms with Crippen molar-refractivity contribution in [3.63, 3.8) is 0 Å². The molecule has 1 saturated carbocycles. The van der Waals surface area contributed by atoms with Crippen LogP contribution in [0.1, 0.15) is 23.2 Å². The molecule has 0 aromatic heterocycles.